The Bertz CT molecular complexity index is 858. The van der Waals surface area contributed by atoms with Gasteiger partial charge in [-0.05, 0) is 70.1 Å². The van der Waals surface area contributed by atoms with E-state index in [2.05, 4.69) is 24.8 Å². The lowest BCUT2D eigenvalue weighted by atomic mass is 9.96. The summed E-state index contributed by atoms with van der Waals surface area (Å²) < 4.78 is 17.6. The van der Waals surface area contributed by atoms with E-state index in [1.54, 1.807) is 12.2 Å². The van der Waals surface area contributed by atoms with Crippen LogP contribution in [0.25, 0.3) is 0 Å². The molecule has 6 nitrogen and oxygen atoms in total. The van der Waals surface area contributed by atoms with Gasteiger partial charge in [-0.1, -0.05) is 54.7 Å². The van der Waals surface area contributed by atoms with Gasteiger partial charge >= 0.3 is 5.97 Å². The quantitative estimate of drug-likeness (QED) is 0.328. The van der Waals surface area contributed by atoms with Crippen molar-refractivity contribution in [3.8, 4) is 0 Å². The van der Waals surface area contributed by atoms with Crippen molar-refractivity contribution in [3.63, 3.8) is 0 Å². The lowest BCUT2D eigenvalue weighted by Crippen LogP contribution is -2.32. The third-order valence-electron chi connectivity index (χ3n) is 7.54. The maximum absolute atomic E-state index is 12.6. The van der Waals surface area contributed by atoms with Crippen molar-refractivity contribution >= 4 is 5.97 Å². The average molecular weight is 499 g/mol. The van der Waals surface area contributed by atoms with Crippen LogP contribution in [-0.2, 0) is 19.0 Å². The Balaban J connectivity index is 1.42. The molecule has 3 heterocycles. The van der Waals surface area contributed by atoms with E-state index >= 15 is 0 Å². The fourth-order valence-electron chi connectivity index (χ4n) is 5.38. The number of carbonyl (C=O) groups is 1. The van der Waals surface area contributed by atoms with E-state index in [-0.39, 0.29) is 24.4 Å². The molecule has 2 N–H and O–H groups in total. The van der Waals surface area contributed by atoms with Gasteiger partial charge in [0, 0.05) is 12.5 Å². The van der Waals surface area contributed by atoms with Crippen LogP contribution in [0.3, 0.4) is 0 Å². The van der Waals surface area contributed by atoms with Gasteiger partial charge in [-0.15, -0.1) is 0 Å². The molecule has 36 heavy (non-hydrogen) atoms. The Morgan fingerprint density at radius 3 is 2.83 bits per heavy atom. The summed E-state index contributed by atoms with van der Waals surface area (Å²) in [6, 6.07) is 0. The van der Waals surface area contributed by atoms with E-state index in [0.29, 0.717) is 25.2 Å². The third kappa shape index (κ3) is 8.55. The second-order valence-corrected chi connectivity index (χ2v) is 10.6. The number of allylic oxidation sites excluding steroid dienone is 3. The molecule has 1 saturated heterocycles. The molecule has 1 fully saturated rings. The van der Waals surface area contributed by atoms with Crippen LogP contribution in [0, 0.1) is 5.92 Å². The van der Waals surface area contributed by atoms with E-state index < -0.39 is 24.3 Å². The summed E-state index contributed by atoms with van der Waals surface area (Å²) in [6.45, 7) is 4.15. The molecule has 1 aliphatic carbocycles. The molecule has 8 atom stereocenters. The van der Waals surface area contributed by atoms with Crippen LogP contribution in [0.5, 0.6) is 0 Å². The van der Waals surface area contributed by atoms with Gasteiger partial charge in [-0.2, -0.15) is 0 Å². The summed E-state index contributed by atoms with van der Waals surface area (Å²) >= 11 is 0. The highest BCUT2D eigenvalue weighted by Crippen LogP contribution is 2.34. The molecular formula is C30H42O6. The van der Waals surface area contributed by atoms with E-state index in [9.17, 15) is 15.0 Å². The van der Waals surface area contributed by atoms with Gasteiger partial charge in [0.1, 0.15) is 18.3 Å². The molecule has 198 valence electrons. The molecule has 0 aromatic rings. The molecule has 0 saturated carbocycles. The van der Waals surface area contributed by atoms with Crippen molar-refractivity contribution in [1.29, 1.82) is 0 Å². The van der Waals surface area contributed by atoms with Crippen molar-refractivity contribution in [2.24, 2.45) is 5.92 Å². The monoisotopic (exact) mass is 498 g/mol. The van der Waals surface area contributed by atoms with Crippen LogP contribution in [0.1, 0.15) is 70.6 Å². The molecule has 3 aliphatic heterocycles. The maximum Gasteiger partial charge on any atom is 0.330 e. The summed E-state index contributed by atoms with van der Waals surface area (Å²) in [5, 5.41) is 21.6. The average Bonchev–Trinajstić information content (AvgIpc) is 3.66. The van der Waals surface area contributed by atoms with Crippen LogP contribution < -0.4 is 0 Å². The van der Waals surface area contributed by atoms with Gasteiger partial charge in [0.05, 0.1) is 24.4 Å². The largest absolute Gasteiger partial charge is 0.456 e. The van der Waals surface area contributed by atoms with Crippen LogP contribution in [-0.4, -0.2) is 58.9 Å². The number of rotatable bonds is 3. The lowest BCUT2D eigenvalue weighted by Gasteiger charge is -2.25. The lowest BCUT2D eigenvalue weighted by molar-refractivity contribution is -0.148. The number of hydrogen-bond donors (Lipinski definition) is 2. The van der Waals surface area contributed by atoms with Gasteiger partial charge in [0.2, 0.25) is 0 Å². The number of carbonyl (C=O) groups excluding carboxylic acids is 1. The predicted molar refractivity (Wildman–Crippen MR) is 139 cm³/mol. The number of epoxide rings is 1. The number of ether oxygens (including phenoxy) is 3. The minimum Gasteiger partial charge on any atom is -0.456 e. The highest BCUT2D eigenvalue weighted by atomic mass is 16.6. The smallest absolute Gasteiger partial charge is 0.330 e. The second-order valence-electron chi connectivity index (χ2n) is 10.6. The van der Waals surface area contributed by atoms with Gasteiger partial charge < -0.3 is 24.4 Å². The molecule has 1 unspecified atom stereocenters. The highest BCUT2D eigenvalue weighted by Gasteiger charge is 2.46. The number of fused-ring (bicyclic) bond motifs is 3. The van der Waals surface area contributed by atoms with E-state index in [4.69, 9.17) is 14.2 Å². The normalized spacial score (nSPS) is 38.3. The summed E-state index contributed by atoms with van der Waals surface area (Å²) in [6.07, 6.45) is 22.1. The Morgan fingerprint density at radius 1 is 1.06 bits per heavy atom. The topological polar surface area (TPSA) is 88.5 Å². The van der Waals surface area contributed by atoms with Crippen molar-refractivity contribution in [2.45, 2.75) is 113 Å². The van der Waals surface area contributed by atoms with Crippen LogP contribution >= 0.6 is 0 Å². The molecule has 0 aromatic carbocycles. The molecular weight excluding hydrogens is 456 g/mol. The number of aliphatic hydroxyl groups excluding tert-OH is 2. The first-order valence-electron chi connectivity index (χ1n) is 13.7. The summed E-state index contributed by atoms with van der Waals surface area (Å²) in [5.41, 5.74) is 1.01. The summed E-state index contributed by atoms with van der Waals surface area (Å²) in [7, 11) is 0. The zero-order chi connectivity index (χ0) is 25.3. The number of esters is 1. The van der Waals surface area contributed by atoms with Crippen molar-refractivity contribution in [1.82, 2.24) is 0 Å². The molecule has 0 radical (unpaired) electrons. The van der Waals surface area contributed by atoms with E-state index in [1.165, 1.54) is 6.08 Å². The van der Waals surface area contributed by atoms with Crippen LogP contribution in [0.4, 0.5) is 0 Å². The van der Waals surface area contributed by atoms with Crippen molar-refractivity contribution in [2.75, 3.05) is 0 Å². The fraction of sp³-hybridized carbons (Fsp3) is 0.633. The minimum absolute atomic E-state index is 0.0599. The molecule has 6 heteroatoms. The van der Waals surface area contributed by atoms with Gasteiger partial charge in [0.25, 0.3) is 0 Å². The molecule has 4 aliphatic rings. The zero-order valence-electron chi connectivity index (χ0n) is 21.3. The minimum atomic E-state index is -0.942. The Hall–Kier alpha value is -1.99. The summed E-state index contributed by atoms with van der Waals surface area (Å²) in [5.74, 6) is -0.119. The fourth-order valence-corrected chi connectivity index (χ4v) is 5.38. The number of aliphatic hydroxyl groups is 2. The Kier molecular flexibility index (Phi) is 10.2. The van der Waals surface area contributed by atoms with E-state index in [0.717, 1.165) is 56.9 Å². The SMILES string of the molecule is C=C1CCC[C@@H]2CC=C[C@@H](C/C=C\C(=O)O[C@H]([C@@H](O)/C=C/C3CC=CCCC3)C[C@@H]3O[C@H]3[C@@H](O)C1)O2. The first-order valence-corrected chi connectivity index (χ1v) is 13.7. The maximum atomic E-state index is 12.6. The molecule has 0 amide bonds. The second kappa shape index (κ2) is 13.5. The van der Waals surface area contributed by atoms with Gasteiger partial charge in [-0.3, -0.25) is 0 Å². The standard InChI is InChI=1S/C30H42O6/c1-21-9-6-12-23-13-7-14-24(34-23)15-8-16-29(33)35-27(20-28-30(36-28)26(32)19-21)25(31)18-17-22-10-4-2-3-5-11-22/h2,4,7-8,14,16-18,22-28,30-32H,1,3,5-6,9-13,15,19-20H2/b16-8-,18-17+/t22?,23-,24+,25+,26+,27+,28+,30+/m1/s1. The third-order valence-corrected chi connectivity index (χ3v) is 7.54. The Morgan fingerprint density at radius 2 is 1.94 bits per heavy atom. The van der Waals surface area contributed by atoms with Crippen molar-refractivity contribution in [3.05, 3.63) is 60.8 Å². The molecule has 4 rings (SSSR count). The van der Waals surface area contributed by atoms with Crippen LogP contribution in [0.15, 0.2) is 60.8 Å². The number of hydrogen-bond acceptors (Lipinski definition) is 6. The van der Waals surface area contributed by atoms with Gasteiger partial charge in [0.15, 0.2) is 0 Å². The van der Waals surface area contributed by atoms with E-state index in [1.807, 2.05) is 12.2 Å². The van der Waals surface area contributed by atoms with Gasteiger partial charge in [-0.25, -0.2) is 4.79 Å². The first kappa shape index (κ1) is 27.1. The van der Waals surface area contributed by atoms with Crippen LogP contribution in [0.2, 0.25) is 0 Å². The first-order chi connectivity index (χ1) is 17.5. The predicted octanol–water partition coefficient (Wildman–Crippen LogP) is 4.87. The Labute approximate surface area is 215 Å². The zero-order valence-corrected chi connectivity index (χ0v) is 21.3. The molecule has 0 spiro atoms. The molecule has 2 bridgehead atoms. The summed E-state index contributed by atoms with van der Waals surface area (Å²) in [4.78, 5) is 12.6. The number of cyclic esters (lactones) is 1. The highest BCUT2D eigenvalue weighted by molar-refractivity contribution is 5.82. The molecule has 0 aromatic heterocycles. The van der Waals surface area contributed by atoms with Crippen molar-refractivity contribution < 1.29 is 29.2 Å².